The Morgan fingerprint density at radius 3 is 2.59 bits per heavy atom. The summed E-state index contributed by atoms with van der Waals surface area (Å²) in [7, 11) is 0. The second kappa shape index (κ2) is 7.24. The van der Waals surface area contributed by atoms with Crippen LogP contribution < -0.4 is 0 Å². The van der Waals surface area contributed by atoms with Crippen molar-refractivity contribution in [1.29, 1.82) is 0 Å². The van der Waals surface area contributed by atoms with Crippen molar-refractivity contribution >= 4 is 5.97 Å². The Morgan fingerprint density at radius 1 is 1.27 bits per heavy atom. The summed E-state index contributed by atoms with van der Waals surface area (Å²) in [5.74, 6) is 0.617. The van der Waals surface area contributed by atoms with Crippen molar-refractivity contribution in [2.45, 2.75) is 51.0 Å². The molecule has 2 aliphatic rings. The molecule has 8 nitrogen and oxygen atoms in total. The van der Waals surface area contributed by atoms with Crippen molar-refractivity contribution < 1.29 is 20.2 Å². The van der Waals surface area contributed by atoms with Gasteiger partial charge in [-0.2, -0.15) is 0 Å². The van der Waals surface area contributed by atoms with Gasteiger partial charge in [0, 0.05) is 6.04 Å². The lowest BCUT2D eigenvalue weighted by atomic mass is 9.68. The Balaban J connectivity index is 0.000000396. The molecular formula is C14H21N3O5. The van der Waals surface area contributed by atoms with Crippen LogP contribution in [0.5, 0.6) is 0 Å². The fourth-order valence-electron chi connectivity index (χ4n) is 3.98. The first kappa shape index (κ1) is 16.3. The Hall–Kier alpha value is -2.12. The van der Waals surface area contributed by atoms with Gasteiger partial charge in [-0.25, -0.2) is 9.78 Å². The highest BCUT2D eigenvalue weighted by molar-refractivity contribution is 5.85. The van der Waals surface area contributed by atoms with E-state index in [2.05, 4.69) is 4.98 Å². The number of hydrogen-bond donors (Lipinski definition) is 2. The van der Waals surface area contributed by atoms with E-state index in [4.69, 9.17) is 15.3 Å². The summed E-state index contributed by atoms with van der Waals surface area (Å²) in [4.78, 5) is 23.6. The highest BCUT2D eigenvalue weighted by Gasteiger charge is 2.36. The van der Waals surface area contributed by atoms with Gasteiger partial charge >= 0.3 is 5.97 Å². The Morgan fingerprint density at radius 2 is 1.91 bits per heavy atom. The number of imidazole rings is 1. The van der Waals surface area contributed by atoms with Crippen LogP contribution in [0.1, 0.15) is 61.5 Å². The van der Waals surface area contributed by atoms with Gasteiger partial charge in [-0.1, -0.05) is 32.1 Å². The number of aromatic carboxylic acids is 1. The molecule has 0 amide bonds. The van der Waals surface area contributed by atoms with Gasteiger partial charge in [-0.3, -0.25) is 0 Å². The van der Waals surface area contributed by atoms with Crippen LogP contribution in [0.3, 0.4) is 0 Å². The number of nitrogens with zero attached hydrogens (tertiary/aromatic N) is 3. The highest BCUT2D eigenvalue weighted by atomic mass is 16.9. The predicted octanol–water partition coefficient (Wildman–Crippen LogP) is 2.77. The first-order valence-corrected chi connectivity index (χ1v) is 7.59. The van der Waals surface area contributed by atoms with E-state index < -0.39 is 11.1 Å². The smallest absolute Gasteiger partial charge is 0.354 e. The Labute approximate surface area is 127 Å². The van der Waals surface area contributed by atoms with Crippen molar-refractivity contribution in [2.75, 3.05) is 0 Å². The van der Waals surface area contributed by atoms with Crippen molar-refractivity contribution in [2.24, 2.45) is 11.8 Å². The van der Waals surface area contributed by atoms with Gasteiger partial charge in [-0.05, 0) is 24.7 Å². The Kier molecular flexibility index (Phi) is 5.35. The van der Waals surface area contributed by atoms with Crippen molar-refractivity contribution in [3.8, 4) is 0 Å². The molecule has 1 heterocycles. The number of hydrogen-bond acceptors (Lipinski definition) is 4. The number of fused-ring (bicyclic) bond motifs is 1. The van der Waals surface area contributed by atoms with Crippen LogP contribution >= 0.6 is 0 Å². The van der Waals surface area contributed by atoms with E-state index in [0.717, 1.165) is 12.3 Å². The van der Waals surface area contributed by atoms with Crippen LogP contribution in [0.2, 0.25) is 0 Å². The minimum absolute atomic E-state index is 0.353. The van der Waals surface area contributed by atoms with Crippen LogP contribution in [-0.2, 0) is 0 Å². The third-order valence-electron chi connectivity index (χ3n) is 4.78. The lowest BCUT2D eigenvalue weighted by Crippen LogP contribution is -2.33. The van der Waals surface area contributed by atoms with Crippen LogP contribution in [0.4, 0.5) is 0 Å². The van der Waals surface area contributed by atoms with Gasteiger partial charge in [0.25, 0.3) is 5.09 Å². The van der Waals surface area contributed by atoms with E-state index >= 15 is 0 Å². The van der Waals surface area contributed by atoms with Crippen molar-refractivity contribution in [3.63, 3.8) is 0 Å². The summed E-state index contributed by atoms with van der Waals surface area (Å²) in [6.45, 7) is 0. The van der Waals surface area contributed by atoms with E-state index in [1.54, 1.807) is 6.33 Å². The molecule has 0 spiro atoms. The summed E-state index contributed by atoms with van der Waals surface area (Å²) in [6.07, 6.45) is 12.1. The van der Waals surface area contributed by atoms with Crippen molar-refractivity contribution in [1.82, 2.24) is 9.55 Å². The fourth-order valence-corrected chi connectivity index (χ4v) is 3.98. The maximum Gasteiger partial charge on any atom is 0.354 e. The molecule has 2 N–H and O–H groups in total. The van der Waals surface area contributed by atoms with Gasteiger partial charge in [0.05, 0.1) is 12.5 Å². The largest absolute Gasteiger partial charge is 0.477 e. The minimum atomic E-state index is -1.50. The lowest BCUT2D eigenvalue weighted by Gasteiger charge is -2.42. The predicted molar refractivity (Wildman–Crippen MR) is 76.3 cm³/mol. The standard InChI is InChI=1S/C14H20N2O2.HNO3/c17-14(18)13-8-15-9-16(13)12-7-3-5-10-4-1-2-6-11(10)12;2-1(3)4/h8-12H,1-7H2,(H,17,18);(H,2,3,4)/t10-,11+,12+;/m1./s1. The maximum atomic E-state index is 11.2. The summed E-state index contributed by atoms with van der Waals surface area (Å²) in [6, 6.07) is 0.359. The quantitative estimate of drug-likeness (QED) is 0.640. The molecule has 2 fully saturated rings. The zero-order valence-electron chi connectivity index (χ0n) is 12.3. The monoisotopic (exact) mass is 311 g/mol. The molecule has 2 saturated carbocycles. The molecule has 1 aromatic rings. The summed E-state index contributed by atoms with van der Waals surface area (Å²) >= 11 is 0. The number of carboxylic acids is 1. The van der Waals surface area contributed by atoms with E-state index in [0.29, 0.717) is 17.7 Å². The van der Waals surface area contributed by atoms with Crippen molar-refractivity contribution in [3.05, 3.63) is 28.3 Å². The minimum Gasteiger partial charge on any atom is -0.477 e. The van der Waals surface area contributed by atoms with E-state index in [-0.39, 0.29) is 0 Å². The first-order chi connectivity index (χ1) is 10.5. The third kappa shape index (κ3) is 3.75. The Bertz CT molecular complexity index is 524. The van der Waals surface area contributed by atoms with Gasteiger partial charge in [-0.15, -0.1) is 10.1 Å². The van der Waals surface area contributed by atoms with Gasteiger partial charge in [0.1, 0.15) is 5.69 Å². The lowest BCUT2D eigenvalue weighted by molar-refractivity contribution is -0.742. The second-order valence-electron chi connectivity index (χ2n) is 5.94. The number of rotatable bonds is 2. The second-order valence-corrected chi connectivity index (χ2v) is 5.94. The normalized spacial score (nSPS) is 27.2. The maximum absolute atomic E-state index is 11.2. The topological polar surface area (TPSA) is 118 Å². The molecule has 2 aliphatic carbocycles. The molecule has 0 bridgehead atoms. The third-order valence-corrected chi connectivity index (χ3v) is 4.78. The van der Waals surface area contributed by atoms with Crippen LogP contribution in [0.15, 0.2) is 12.5 Å². The van der Waals surface area contributed by atoms with E-state index in [9.17, 15) is 9.90 Å². The summed E-state index contributed by atoms with van der Waals surface area (Å²) in [5, 5.41) is 22.9. The number of carbonyl (C=O) groups is 1. The average molecular weight is 311 g/mol. The highest BCUT2D eigenvalue weighted by Crippen LogP contribution is 2.46. The van der Waals surface area contributed by atoms with Crippen LogP contribution in [0, 0.1) is 22.0 Å². The van der Waals surface area contributed by atoms with Gasteiger partial charge in [0.2, 0.25) is 0 Å². The zero-order valence-corrected chi connectivity index (χ0v) is 12.3. The molecule has 8 heteroatoms. The molecule has 0 radical (unpaired) electrons. The van der Waals surface area contributed by atoms with Crippen LogP contribution in [-0.4, -0.2) is 30.9 Å². The molecule has 22 heavy (non-hydrogen) atoms. The molecular weight excluding hydrogens is 290 g/mol. The summed E-state index contributed by atoms with van der Waals surface area (Å²) in [5.41, 5.74) is 0.353. The molecule has 3 rings (SSSR count). The number of carboxylic acid groups (broad SMARTS) is 1. The molecule has 0 aliphatic heterocycles. The SMILES string of the molecule is O=C(O)c1cncn1[C@H]1CCC[C@H]2CCCC[C@@H]21.O=[N+]([O-])O. The van der Waals surface area contributed by atoms with Gasteiger partial charge < -0.3 is 14.9 Å². The van der Waals surface area contributed by atoms with E-state index in [1.165, 1.54) is 44.7 Å². The summed E-state index contributed by atoms with van der Waals surface area (Å²) < 4.78 is 1.92. The molecule has 0 aromatic carbocycles. The molecule has 1 aromatic heterocycles. The molecule has 0 unspecified atom stereocenters. The fraction of sp³-hybridized carbons (Fsp3) is 0.714. The van der Waals surface area contributed by atoms with Crippen LogP contribution in [0.25, 0.3) is 0 Å². The first-order valence-electron chi connectivity index (χ1n) is 7.59. The van der Waals surface area contributed by atoms with Gasteiger partial charge in [0.15, 0.2) is 0 Å². The number of aromatic nitrogens is 2. The zero-order chi connectivity index (χ0) is 16.1. The molecule has 3 atom stereocenters. The average Bonchev–Trinajstić information content (AvgIpc) is 2.95. The molecule has 0 saturated heterocycles. The van der Waals surface area contributed by atoms with E-state index in [1.807, 2.05) is 4.57 Å². The molecule has 122 valence electrons.